The predicted molar refractivity (Wildman–Crippen MR) is 96.6 cm³/mol. The molecule has 2 aliphatic carbocycles. The first-order chi connectivity index (χ1) is 13.3. The lowest BCUT2D eigenvalue weighted by atomic mass is 9.62. The number of hydrogen-bond acceptors (Lipinski definition) is 6. The van der Waals surface area contributed by atoms with E-state index in [1.54, 1.807) is 0 Å². The van der Waals surface area contributed by atoms with Crippen LogP contribution < -0.4 is 10.2 Å². The average molecular weight is 392 g/mol. The Balaban J connectivity index is 1.50. The maximum atomic E-state index is 12.5. The van der Waals surface area contributed by atoms with Crippen LogP contribution in [0.1, 0.15) is 71.6 Å². The fourth-order valence-corrected chi connectivity index (χ4v) is 6.07. The number of aliphatic carboxylic acids is 2. The van der Waals surface area contributed by atoms with Gasteiger partial charge in [-0.1, -0.05) is 13.8 Å². The molecule has 0 amide bonds. The fourth-order valence-electron chi connectivity index (χ4n) is 6.07. The summed E-state index contributed by atoms with van der Waals surface area (Å²) in [5.74, 6) is -0.718. The molecule has 4 rings (SSSR count). The van der Waals surface area contributed by atoms with Crippen LogP contribution in [0.2, 0.25) is 0 Å². The van der Waals surface area contributed by atoms with Gasteiger partial charge in [0.2, 0.25) is 0 Å². The minimum atomic E-state index is -1.12. The Hall–Kier alpha value is -1.14. The van der Waals surface area contributed by atoms with Gasteiger partial charge >= 0.3 is 0 Å². The highest BCUT2D eigenvalue weighted by Crippen LogP contribution is 2.52. The van der Waals surface area contributed by atoms with Crippen LogP contribution in [0.15, 0.2) is 0 Å². The molecule has 6 nitrogen and oxygen atoms in total. The Bertz CT molecular complexity index is 584. The number of carboxylic acid groups (broad SMARTS) is 2. The van der Waals surface area contributed by atoms with E-state index in [0.717, 1.165) is 25.7 Å². The standard InChI is InChI=1S/C22H34O6/c1-12-6-16-18(27-16)8-14(12)10-22(21(25)26,5-3-4-20(23)24)11-15-9-19-17(28-19)7-13(15)2/h12-19H,3-11H2,1-2H3,(H,23,24)(H,25,26)/p-2. The summed E-state index contributed by atoms with van der Waals surface area (Å²) in [4.78, 5) is 23.4. The van der Waals surface area contributed by atoms with E-state index >= 15 is 0 Å². The maximum Gasteiger partial charge on any atom is 0.0844 e. The van der Waals surface area contributed by atoms with E-state index in [1.165, 1.54) is 0 Å². The van der Waals surface area contributed by atoms with Gasteiger partial charge in [-0.3, -0.25) is 0 Å². The number of carboxylic acids is 2. The summed E-state index contributed by atoms with van der Waals surface area (Å²) in [7, 11) is 0. The van der Waals surface area contributed by atoms with Crippen LogP contribution in [0.25, 0.3) is 0 Å². The highest BCUT2D eigenvalue weighted by molar-refractivity contribution is 5.72. The molecule has 4 fully saturated rings. The zero-order valence-electron chi connectivity index (χ0n) is 16.9. The third-order valence-electron chi connectivity index (χ3n) is 8.04. The van der Waals surface area contributed by atoms with Crippen molar-refractivity contribution in [2.24, 2.45) is 29.1 Å². The number of carbonyl (C=O) groups is 2. The van der Waals surface area contributed by atoms with Crippen LogP contribution >= 0.6 is 0 Å². The molecular weight excluding hydrogens is 360 g/mol. The van der Waals surface area contributed by atoms with E-state index in [-0.39, 0.29) is 30.5 Å². The molecule has 158 valence electrons. The molecule has 2 saturated carbocycles. The van der Waals surface area contributed by atoms with Crippen LogP contribution in [0.4, 0.5) is 0 Å². The lowest BCUT2D eigenvalue weighted by Crippen LogP contribution is -2.47. The molecule has 0 N–H and O–H groups in total. The van der Waals surface area contributed by atoms with Crippen molar-refractivity contribution in [1.29, 1.82) is 0 Å². The van der Waals surface area contributed by atoms with Gasteiger partial charge in [0.05, 0.1) is 24.4 Å². The van der Waals surface area contributed by atoms with Crippen LogP contribution in [0, 0.1) is 29.1 Å². The van der Waals surface area contributed by atoms with Crippen molar-refractivity contribution in [2.75, 3.05) is 0 Å². The lowest BCUT2D eigenvalue weighted by Gasteiger charge is -2.44. The van der Waals surface area contributed by atoms with Gasteiger partial charge in [0.15, 0.2) is 0 Å². The number of epoxide rings is 2. The molecule has 0 bridgehead atoms. The van der Waals surface area contributed by atoms with Gasteiger partial charge in [0.25, 0.3) is 0 Å². The third kappa shape index (κ3) is 4.23. The molecule has 2 heterocycles. The van der Waals surface area contributed by atoms with E-state index in [0.29, 0.717) is 49.7 Å². The summed E-state index contributed by atoms with van der Waals surface area (Å²) in [6.45, 7) is 4.38. The highest BCUT2D eigenvalue weighted by atomic mass is 16.6. The zero-order chi connectivity index (χ0) is 20.1. The molecule has 4 aliphatic rings. The smallest absolute Gasteiger partial charge is 0.0844 e. The summed E-state index contributed by atoms with van der Waals surface area (Å²) >= 11 is 0. The normalized spacial score (nSPS) is 43.4. The topological polar surface area (TPSA) is 105 Å². The maximum absolute atomic E-state index is 12.5. The minimum absolute atomic E-state index is 0.100. The molecule has 8 atom stereocenters. The number of fused-ring (bicyclic) bond motifs is 2. The Morgan fingerprint density at radius 2 is 1.32 bits per heavy atom. The van der Waals surface area contributed by atoms with Crippen molar-refractivity contribution in [3.05, 3.63) is 0 Å². The van der Waals surface area contributed by atoms with Crippen molar-refractivity contribution < 1.29 is 29.3 Å². The first-order valence-electron chi connectivity index (χ1n) is 11.0. The second kappa shape index (κ2) is 7.60. The number of rotatable bonds is 9. The monoisotopic (exact) mass is 392 g/mol. The first kappa shape index (κ1) is 20.1. The second-order valence-corrected chi connectivity index (χ2v) is 10.0. The van der Waals surface area contributed by atoms with Crippen LogP contribution in [0.3, 0.4) is 0 Å². The Morgan fingerprint density at radius 1 is 0.857 bits per heavy atom. The zero-order valence-corrected chi connectivity index (χ0v) is 16.9. The van der Waals surface area contributed by atoms with Gasteiger partial charge in [0, 0.05) is 17.4 Å². The molecule has 8 unspecified atom stereocenters. The molecular formula is C22H32O6-2. The van der Waals surface area contributed by atoms with Gasteiger partial charge in [-0.2, -0.15) is 0 Å². The van der Waals surface area contributed by atoms with Gasteiger partial charge in [-0.25, -0.2) is 0 Å². The summed E-state index contributed by atoms with van der Waals surface area (Å²) in [5, 5.41) is 23.4. The van der Waals surface area contributed by atoms with Crippen molar-refractivity contribution in [1.82, 2.24) is 0 Å². The molecule has 2 saturated heterocycles. The predicted octanol–water partition coefficient (Wildman–Crippen LogP) is 1.05. The van der Waals surface area contributed by atoms with Crippen molar-refractivity contribution in [3.8, 4) is 0 Å². The van der Waals surface area contributed by atoms with Gasteiger partial charge in [-0.15, -0.1) is 0 Å². The Labute approximate surface area is 167 Å². The van der Waals surface area contributed by atoms with Crippen LogP contribution in [-0.2, 0) is 19.1 Å². The first-order valence-corrected chi connectivity index (χ1v) is 11.0. The van der Waals surface area contributed by atoms with Crippen molar-refractivity contribution in [2.45, 2.75) is 96.1 Å². The summed E-state index contributed by atoms with van der Waals surface area (Å²) in [6.07, 6.45) is 6.82. The van der Waals surface area contributed by atoms with E-state index in [2.05, 4.69) is 13.8 Å². The number of ether oxygens (including phenoxy) is 2. The lowest BCUT2D eigenvalue weighted by molar-refractivity contribution is -0.323. The molecule has 0 spiro atoms. The van der Waals surface area contributed by atoms with E-state index in [4.69, 9.17) is 9.47 Å². The summed E-state index contributed by atoms with van der Waals surface area (Å²) in [5.41, 5.74) is -0.975. The quantitative estimate of drug-likeness (QED) is 0.543. The third-order valence-corrected chi connectivity index (χ3v) is 8.04. The van der Waals surface area contributed by atoms with Gasteiger partial charge < -0.3 is 29.3 Å². The van der Waals surface area contributed by atoms with E-state index in [1.807, 2.05) is 0 Å². The molecule has 0 aromatic rings. The van der Waals surface area contributed by atoms with E-state index < -0.39 is 17.4 Å². The van der Waals surface area contributed by atoms with Gasteiger partial charge in [-0.05, 0) is 81.5 Å². The number of hydrogen-bond donors (Lipinski definition) is 0. The second-order valence-electron chi connectivity index (χ2n) is 10.0. The molecule has 2 aliphatic heterocycles. The minimum Gasteiger partial charge on any atom is -0.550 e. The highest BCUT2D eigenvalue weighted by Gasteiger charge is 2.51. The molecule has 0 aromatic carbocycles. The van der Waals surface area contributed by atoms with Crippen molar-refractivity contribution in [3.63, 3.8) is 0 Å². The average Bonchev–Trinajstić information content (AvgIpc) is 3.51. The van der Waals surface area contributed by atoms with Crippen LogP contribution in [-0.4, -0.2) is 36.4 Å². The SMILES string of the molecule is CC1CC2OC2CC1CC(CCCC(=O)[O-])(CC1CC2OC2CC1C)C(=O)[O-]. The molecule has 28 heavy (non-hydrogen) atoms. The number of carbonyl (C=O) groups excluding carboxylic acids is 2. The Morgan fingerprint density at radius 3 is 1.75 bits per heavy atom. The Kier molecular flexibility index (Phi) is 5.47. The summed E-state index contributed by atoms with van der Waals surface area (Å²) in [6, 6.07) is 0. The fraction of sp³-hybridized carbons (Fsp3) is 0.909. The molecule has 0 radical (unpaired) electrons. The molecule has 0 aromatic heterocycles. The largest absolute Gasteiger partial charge is 0.550 e. The molecule has 6 heteroatoms. The van der Waals surface area contributed by atoms with E-state index in [9.17, 15) is 19.8 Å². The van der Waals surface area contributed by atoms with Crippen LogP contribution in [0.5, 0.6) is 0 Å². The van der Waals surface area contributed by atoms with Gasteiger partial charge in [0.1, 0.15) is 0 Å². The summed E-state index contributed by atoms with van der Waals surface area (Å²) < 4.78 is 11.4. The van der Waals surface area contributed by atoms with Crippen molar-refractivity contribution >= 4 is 11.9 Å².